The number of aryl methyl sites for hydroxylation is 1. The standard InChI is InChI=1S/C12H21N5O3/c1-8(2)6-9(11(18)19)16-12(20)13-5-3-4-10-14-7-15-17-10/h7-9H,3-6H2,1-2H3,(H,18,19)(H2,13,16,20)(H,14,15,17). The van der Waals surface area contributed by atoms with Crippen LogP contribution in [0.5, 0.6) is 0 Å². The van der Waals surface area contributed by atoms with E-state index in [2.05, 4.69) is 25.8 Å². The molecule has 20 heavy (non-hydrogen) atoms. The molecular weight excluding hydrogens is 262 g/mol. The van der Waals surface area contributed by atoms with Crippen LogP contribution in [0, 0.1) is 5.92 Å². The van der Waals surface area contributed by atoms with Crippen LogP contribution in [0.15, 0.2) is 6.33 Å². The zero-order valence-electron chi connectivity index (χ0n) is 11.7. The summed E-state index contributed by atoms with van der Waals surface area (Å²) >= 11 is 0. The topological polar surface area (TPSA) is 120 Å². The predicted molar refractivity (Wildman–Crippen MR) is 72.1 cm³/mol. The van der Waals surface area contributed by atoms with Crippen molar-refractivity contribution < 1.29 is 14.7 Å². The quantitative estimate of drug-likeness (QED) is 0.519. The van der Waals surface area contributed by atoms with Gasteiger partial charge in [0, 0.05) is 13.0 Å². The Labute approximate surface area is 117 Å². The van der Waals surface area contributed by atoms with Crippen molar-refractivity contribution >= 4 is 12.0 Å². The molecule has 0 radical (unpaired) electrons. The van der Waals surface area contributed by atoms with Crippen molar-refractivity contribution in [2.75, 3.05) is 6.54 Å². The fraction of sp³-hybridized carbons (Fsp3) is 0.667. The first-order chi connectivity index (χ1) is 9.49. The van der Waals surface area contributed by atoms with Gasteiger partial charge in [0.05, 0.1) is 0 Å². The molecular formula is C12H21N5O3. The van der Waals surface area contributed by atoms with E-state index in [0.29, 0.717) is 25.8 Å². The first-order valence-corrected chi connectivity index (χ1v) is 6.60. The number of urea groups is 1. The highest BCUT2D eigenvalue weighted by atomic mass is 16.4. The second-order valence-corrected chi connectivity index (χ2v) is 4.96. The molecule has 0 saturated heterocycles. The van der Waals surface area contributed by atoms with E-state index < -0.39 is 18.0 Å². The summed E-state index contributed by atoms with van der Waals surface area (Å²) in [5.74, 6) is -0.0613. The average molecular weight is 283 g/mol. The zero-order chi connectivity index (χ0) is 15.0. The third kappa shape index (κ3) is 6.17. The highest BCUT2D eigenvalue weighted by Crippen LogP contribution is 2.04. The maximum Gasteiger partial charge on any atom is 0.326 e. The van der Waals surface area contributed by atoms with Crippen LogP contribution < -0.4 is 10.6 Å². The monoisotopic (exact) mass is 283 g/mol. The lowest BCUT2D eigenvalue weighted by molar-refractivity contribution is -0.139. The number of nitrogens with one attached hydrogen (secondary N) is 3. The maximum atomic E-state index is 11.6. The molecule has 1 atom stereocenters. The van der Waals surface area contributed by atoms with Gasteiger partial charge < -0.3 is 15.7 Å². The zero-order valence-corrected chi connectivity index (χ0v) is 11.7. The molecule has 8 nitrogen and oxygen atoms in total. The van der Waals surface area contributed by atoms with Crippen LogP contribution in [0.1, 0.15) is 32.5 Å². The summed E-state index contributed by atoms with van der Waals surface area (Å²) in [5, 5.41) is 20.5. The second-order valence-electron chi connectivity index (χ2n) is 4.96. The Balaban J connectivity index is 2.22. The lowest BCUT2D eigenvalue weighted by atomic mass is 10.0. The number of carbonyl (C=O) groups is 2. The fourth-order valence-corrected chi connectivity index (χ4v) is 1.71. The van der Waals surface area contributed by atoms with E-state index in [9.17, 15) is 9.59 Å². The number of aromatic nitrogens is 3. The van der Waals surface area contributed by atoms with Gasteiger partial charge >= 0.3 is 12.0 Å². The van der Waals surface area contributed by atoms with Crippen molar-refractivity contribution in [2.45, 2.75) is 39.2 Å². The minimum absolute atomic E-state index is 0.197. The van der Waals surface area contributed by atoms with E-state index in [0.717, 1.165) is 5.82 Å². The molecule has 0 saturated carbocycles. The van der Waals surface area contributed by atoms with Crippen molar-refractivity contribution in [3.8, 4) is 0 Å². The second kappa shape index (κ2) is 8.13. The maximum absolute atomic E-state index is 11.6. The van der Waals surface area contributed by atoms with Gasteiger partial charge in [0.1, 0.15) is 18.2 Å². The molecule has 0 spiro atoms. The van der Waals surface area contributed by atoms with Gasteiger partial charge in [-0.2, -0.15) is 5.10 Å². The average Bonchev–Trinajstić information content (AvgIpc) is 2.86. The summed E-state index contributed by atoms with van der Waals surface area (Å²) in [5.41, 5.74) is 0. The van der Waals surface area contributed by atoms with Gasteiger partial charge in [-0.15, -0.1) is 0 Å². The van der Waals surface area contributed by atoms with Gasteiger partial charge in [-0.1, -0.05) is 13.8 Å². The van der Waals surface area contributed by atoms with E-state index in [4.69, 9.17) is 5.11 Å². The normalized spacial score (nSPS) is 12.2. The lowest BCUT2D eigenvalue weighted by Gasteiger charge is -2.16. The summed E-state index contributed by atoms with van der Waals surface area (Å²) in [6.07, 6.45) is 3.21. The summed E-state index contributed by atoms with van der Waals surface area (Å²) in [7, 11) is 0. The Morgan fingerprint density at radius 1 is 1.45 bits per heavy atom. The molecule has 0 aliphatic heterocycles. The number of amides is 2. The number of hydrogen-bond donors (Lipinski definition) is 4. The molecule has 0 bridgehead atoms. The summed E-state index contributed by atoms with van der Waals surface area (Å²) < 4.78 is 0. The molecule has 0 aromatic carbocycles. The Morgan fingerprint density at radius 2 is 2.20 bits per heavy atom. The molecule has 1 aromatic heterocycles. The van der Waals surface area contributed by atoms with Crippen LogP contribution in [0.3, 0.4) is 0 Å². The number of aliphatic carboxylic acids is 1. The summed E-state index contributed by atoms with van der Waals surface area (Å²) in [4.78, 5) is 26.5. The van der Waals surface area contributed by atoms with Crippen LogP contribution in [0.2, 0.25) is 0 Å². The molecule has 1 heterocycles. The van der Waals surface area contributed by atoms with Gasteiger partial charge in [0.25, 0.3) is 0 Å². The largest absolute Gasteiger partial charge is 0.480 e. The molecule has 0 fully saturated rings. The molecule has 0 aliphatic carbocycles. The number of carboxylic acids is 1. The molecule has 2 amide bonds. The van der Waals surface area contributed by atoms with Crippen LogP contribution in [-0.4, -0.2) is 44.9 Å². The lowest BCUT2D eigenvalue weighted by Crippen LogP contribution is -2.46. The first-order valence-electron chi connectivity index (χ1n) is 6.60. The van der Waals surface area contributed by atoms with Crippen molar-refractivity contribution in [1.29, 1.82) is 0 Å². The Kier molecular flexibility index (Phi) is 6.48. The molecule has 0 aliphatic rings. The van der Waals surface area contributed by atoms with E-state index in [-0.39, 0.29) is 5.92 Å². The van der Waals surface area contributed by atoms with Gasteiger partial charge in [-0.05, 0) is 18.8 Å². The number of aromatic amines is 1. The Morgan fingerprint density at radius 3 is 2.75 bits per heavy atom. The van der Waals surface area contributed by atoms with E-state index in [1.54, 1.807) is 0 Å². The molecule has 1 aromatic rings. The predicted octanol–water partition coefficient (Wildman–Crippen LogP) is 0.536. The molecule has 112 valence electrons. The molecule has 8 heteroatoms. The van der Waals surface area contributed by atoms with Gasteiger partial charge in [-0.3, -0.25) is 5.10 Å². The number of carboxylic acid groups (broad SMARTS) is 1. The van der Waals surface area contributed by atoms with Crippen LogP contribution in [0.25, 0.3) is 0 Å². The van der Waals surface area contributed by atoms with Crippen molar-refractivity contribution in [3.63, 3.8) is 0 Å². The summed E-state index contributed by atoms with van der Waals surface area (Å²) in [6.45, 7) is 4.26. The minimum atomic E-state index is -1.02. The fourth-order valence-electron chi connectivity index (χ4n) is 1.71. The van der Waals surface area contributed by atoms with Crippen molar-refractivity contribution in [1.82, 2.24) is 25.8 Å². The molecule has 1 unspecified atom stereocenters. The molecule has 1 rings (SSSR count). The Hall–Kier alpha value is -2.12. The molecule has 4 N–H and O–H groups in total. The first kappa shape index (κ1) is 15.9. The van der Waals surface area contributed by atoms with Crippen molar-refractivity contribution in [2.24, 2.45) is 5.92 Å². The smallest absolute Gasteiger partial charge is 0.326 e. The van der Waals surface area contributed by atoms with Crippen LogP contribution in [-0.2, 0) is 11.2 Å². The summed E-state index contributed by atoms with van der Waals surface area (Å²) in [6, 6.07) is -1.32. The van der Waals surface area contributed by atoms with Crippen LogP contribution in [0.4, 0.5) is 4.79 Å². The number of nitrogens with zero attached hydrogens (tertiary/aromatic N) is 2. The van der Waals surface area contributed by atoms with Gasteiger partial charge in [0.2, 0.25) is 0 Å². The van der Waals surface area contributed by atoms with Gasteiger partial charge in [0.15, 0.2) is 0 Å². The van der Waals surface area contributed by atoms with Gasteiger partial charge in [-0.25, -0.2) is 14.6 Å². The minimum Gasteiger partial charge on any atom is -0.480 e. The number of hydrogen-bond acceptors (Lipinski definition) is 4. The number of H-pyrrole nitrogens is 1. The Bertz CT molecular complexity index is 419. The van der Waals surface area contributed by atoms with Crippen LogP contribution >= 0.6 is 0 Å². The SMILES string of the molecule is CC(C)CC(NC(=O)NCCCc1ncn[nH]1)C(=O)O. The highest BCUT2D eigenvalue weighted by Gasteiger charge is 2.20. The third-order valence-corrected chi connectivity index (χ3v) is 2.65. The van der Waals surface area contributed by atoms with E-state index in [1.807, 2.05) is 13.8 Å². The van der Waals surface area contributed by atoms with E-state index in [1.165, 1.54) is 6.33 Å². The van der Waals surface area contributed by atoms with Crippen molar-refractivity contribution in [3.05, 3.63) is 12.2 Å². The van der Waals surface area contributed by atoms with E-state index >= 15 is 0 Å². The number of rotatable bonds is 8. The number of carbonyl (C=O) groups excluding carboxylic acids is 1. The highest BCUT2D eigenvalue weighted by molar-refractivity contribution is 5.82. The third-order valence-electron chi connectivity index (χ3n) is 2.65.